The van der Waals surface area contributed by atoms with E-state index in [4.69, 9.17) is 4.42 Å². The summed E-state index contributed by atoms with van der Waals surface area (Å²) >= 11 is 0. The molecule has 0 aliphatic carbocycles. The predicted molar refractivity (Wildman–Crippen MR) is 86.5 cm³/mol. The number of nitrogens with zero attached hydrogens (tertiary/aromatic N) is 3. The Kier molecular flexibility index (Phi) is 3.57. The number of hydrogen-bond donors (Lipinski definition) is 1. The summed E-state index contributed by atoms with van der Waals surface area (Å²) in [5.41, 5.74) is 1.49. The number of alkyl halides is 3. The van der Waals surface area contributed by atoms with E-state index in [1.165, 1.54) is 24.4 Å². The number of carbonyl (C=O) groups excluding carboxylic acids is 1. The Morgan fingerprint density at radius 3 is 2.54 bits per heavy atom. The summed E-state index contributed by atoms with van der Waals surface area (Å²) in [5, 5.41) is 2.55. The number of amides is 1. The van der Waals surface area contributed by atoms with E-state index in [9.17, 15) is 18.0 Å². The highest BCUT2D eigenvalue weighted by Crippen LogP contribution is 2.31. The van der Waals surface area contributed by atoms with Crippen molar-refractivity contribution in [3.8, 4) is 0 Å². The third-order valence-corrected chi connectivity index (χ3v) is 3.57. The van der Waals surface area contributed by atoms with Gasteiger partial charge in [0.05, 0.1) is 17.2 Å². The molecule has 9 heteroatoms. The molecular formula is C17H9F3N4O2. The van der Waals surface area contributed by atoms with E-state index in [1.807, 2.05) is 0 Å². The van der Waals surface area contributed by atoms with Gasteiger partial charge in [-0.05, 0) is 24.3 Å². The van der Waals surface area contributed by atoms with Crippen molar-refractivity contribution in [2.45, 2.75) is 6.18 Å². The number of fused-ring (bicyclic) bond motifs is 2. The first kappa shape index (κ1) is 16.0. The zero-order chi connectivity index (χ0) is 18.3. The maximum Gasteiger partial charge on any atom is 0.468 e. The summed E-state index contributed by atoms with van der Waals surface area (Å²) in [6, 6.07) is 11.1. The van der Waals surface area contributed by atoms with Gasteiger partial charge in [-0.15, -0.1) is 0 Å². The Hall–Kier alpha value is -3.49. The highest BCUT2D eigenvalue weighted by molar-refractivity contribution is 6.04. The molecule has 1 N–H and O–H groups in total. The minimum Gasteiger partial charge on any atom is -0.433 e. The van der Waals surface area contributed by atoms with Crippen LogP contribution in [0.2, 0.25) is 0 Å². The smallest absolute Gasteiger partial charge is 0.433 e. The first-order valence-electron chi connectivity index (χ1n) is 7.41. The molecule has 1 amide bonds. The molecule has 0 radical (unpaired) electrons. The van der Waals surface area contributed by atoms with Gasteiger partial charge in [0.15, 0.2) is 5.58 Å². The summed E-state index contributed by atoms with van der Waals surface area (Å²) in [5.74, 6) is -1.88. The van der Waals surface area contributed by atoms with Crippen molar-refractivity contribution in [1.82, 2.24) is 15.0 Å². The Bertz CT molecular complexity index is 1140. The second-order valence-electron chi connectivity index (χ2n) is 5.40. The van der Waals surface area contributed by atoms with Crippen molar-refractivity contribution >= 4 is 33.7 Å². The van der Waals surface area contributed by atoms with Crippen LogP contribution in [0.1, 0.15) is 16.4 Å². The van der Waals surface area contributed by atoms with Gasteiger partial charge in [0, 0.05) is 11.8 Å². The monoisotopic (exact) mass is 358 g/mol. The lowest BCUT2D eigenvalue weighted by Gasteiger charge is -2.05. The summed E-state index contributed by atoms with van der Waals surface area (Å²) in [6.07, 6.45) is -3.35. The molecular weight excluding hydrogens is 349 g/mol. The average Bonchev–Trinajstić information content (AvgIpc) is 3.05. The SMILES string of the molecule is O=C(Nc1ccc2nc(C(F)(F)F)oc2c1)c1cnc2ccccc2n1. The summed E-state index contributed by atoms with van der Waals surface area (Å²) in [7, 11) is 0. The number of hydrogen-bond acceptors (Lipinski definition) is 5. The van der Waals surface area contributed by atoms with Crippen molar-refractivity contribution in [3.63, 3.8) is 0 Å². The normalized spacial score (nSPS) is 11.8. The van der Waals surface area contributed by atoms with Gasteiger partial charge in [-0.25, -0.2) is 9.97 Å². The van der Waals surface area contributed by atoms with Crippen LogP contribution in [0.5, 0.6) is 0 Å². The number of halogens is 3. The van der Waals surface area contributed by atoms with Crippen LogP contribution in [0.3, 0.4) is 0 Å². The molecule has 4 aromatic rings. The Morgan fingerprint density at radius 1 is 1.00 bits per heavy atom. The van der Waals surface area contributed by atoms with E-state index >= 15 is 0 Å². The van der Waals surface area contributed by atoms with Crippen LogP contribution in [0.25, 0.3) is 22.1 Å². The Labute approximate surface area is 143 Å². The Balaban J connectivity index is 1.62. The van der Waals surface area contributed by atoms with Gasteiger partial charge < -0.3 is 9.73 Å². The number of benzene rings is 2. The molecule has 0 spiro atoms. The molecule has 0 saturated carbocycles. The maximum absolute atomic E-state index is 12.6. The molecule has 26 heavy (non-hydrogen) atoms. The summed E-state index contributed by atoms with van der Waals surface area (Å²) < 4.78 is 42.6. The lowest BCUT2D eigenvalue weighted by molar-refractivity contribution is -0.156. The first-order chi connectivity index (χ1) is 12.4. The molecule has 2 aromatic carbocycles. The first-order valence-corrected chi connectivity index (χ1v) is 7.41. The predicted octanol–water partition coefficient (Wildman–Crippen LogP) is 4.04. The van der Waals surface area contributed by atoms with Crippen LogP contribution in [-0.4, -0.2) is 20.9 Å². The van der Waals surface area contributed by atoms with Crippen molar-refractivity contribution < 1.29 is 22.4 Å². The van der Waals surface area contributed by atoms with Gasteiger partial charge in [0.1, 0.15) is 11.2 Å². The zero-order valence-corrected chi connectivity index (χ0v) is 12.9. The molecule has 0 unspecified atom stereocenters. The van der Waals surface area contributed by atoms with E-state index < -0.39 is 18.0 Å². The quantitative estimate of drug-likeness (QED) is 0.585. The highest BCUT2D eigenvalue weighted by atomic mass is 19.4. The molecule has 130 valence electrons. The average molecular weight is 358 g/mol. The van der Waals surface area contributed by atoms with Crippen molar-refractivity contribution in [1.29, 1.82) is 0 Å². The number of rotatable bonds is 2. The molecule has 6 nitrogen and oxygen atoms in total. The maximum atomic E-state index is 12.6. The molecule has 0 bridgehead atoms. The lowest BCUT2D eigenvalue weighted by atomic mass is 10.2. The standard InChI is InChI=1S/C17H9F3N4O2/c18-17(19,20)16-24-12-6-5-9(7-14(12)26-16)22-15(25)13-8-21-10-3-1-2-4-11(10)23-13/h1-8H,(H,22,25). The van der Waals surface area contributed by atoms with Gasteiger partial charge in [-0.2, -0.15) is 13.2 Å². The van der Waals surface area contributed by atoms with E-state index in [2.05, 4.69) is 20.3 Å². The second-order valence-corrected chi connectivity index (χ2v) is 5.40. The van der Waals surface area contributed by atoms with Crippen LogP contribution in [0.15, 0.2) is 53.1 Å². The number of oxazole rings is 1. The third-order valence-electron chi connectivity index (χ3n) is 3.57. The fourth-order valence-corrected chi connectivity index (χ4v) is 2.39. The van der Waals surface area contributed by atoms with Gasteiger partial charge in [0.2, 0.25) is 0 Å². The van der Waals surface area contributed by atoms with Crippen LogP contribution in [0, 0.1) is 0 Å². The summed E-state index contributed by atoms with van der Waals surface area (Å²) in [4.78, 5) is 24.0. The highest BCUT2D eigenvalue weighted by Gasteiger charge is 2.37. The van der Waals surface area contributed by atoms with Crippen LogP contribution in [-0.2, 0) is 6.18 Å². The van der Waals surface area contributed by atoms with Crippen molar-refractivity contribution in [3.05, 3.63) is 60.2 Å². The van der Waals surface area contributed by atoms with Gasteiger partial charge >= 0.3 is 12.1 Å². The number of aromatic nitrogens is 3. The number of anilines is 1. The fourth-order valence-electron chi connectivity index (χ4n) is 2.39. The van der Waals surface area contributed by atoms with Crippen LogP contribution < -0.4 is 5.32 Å². The van der Waals surface area contributed by atoms with E-state index in [0.717, 1.165) is 0 Å². The molecule has 2 heterocycles. The van der Waals surface area contributed by atoms with Crippen LogP contribution in [0.4, 0.5) is 18.9 Å². The lowest BCUT2D eigenvalue weighted by Crippen LogP contribution is -2.14. The minimum atomic E-state index is -4.68. The Morgan fingerprint density at radius 2 is 1.77 bits per heavy atom. The van der Waals surface area contributed by atoms with Crippen molar-refractivity contribution in [2.24, 2.45) is 0 Å². The zero-order valence-electron chi connectivity index (χ0n) is 12.9. The number of para-hydroxylation sites is 2. The molecule has 0 saturated heterocycles. The topological polar surface area (TPSA) is 80.9 Å². The number of nitrogens with one attached hydrogen (secondary N) is 1. The van der Waals surface area contributed by atoms with Crippen LogP contribution >= 0.6 is 0 Å². The van der Waals surface area contributed by atoms with Gasteiger partial charge in [0.25, 0.3) is 5.91 Å². The molecule has 0 fully saturated rings. The van der Waals surface area contributed by atoms with Gasteiger partial charge in [-0.3, -0.25) is 9.78 Å². The van der Waals surface area contributed by atoms with Crippen molar-refractivity contribution in [2.75, 3.05) is 5.32 Å². The van der Waals surface area contributed by atoms with E-state index in [0.29, 0.717) is 11.0 Å². The molecule has 0 atom stereocenters. The second kappa shape index (κ2) is 5.80. The number of carbonyl (C=O) groups is 1. The third kappa shape index (κ3) is 2.94. The van der Waals surface area contributed by atoms with Gasteiger partial charge in [-0.1, -0.05) is 12.1 Å². The molecule has 4 rings (SSSR count). The fraction of sp³-hybridized carbons (Fsp3) is 0.0588. The summed E-state index contributed by atoms with van der Waals surface area (Å²) in [6.45, 7) is 0. The van der Waals surface area contributed by atoms with E-state index in [-0.39, 0.29) is 22.5 Å². The molecule has 0 aliphatic heterocycles. The van der Waals surface area contributed by atoms with E-state index in [1.54, 1.807) is 24.3 Å². The minimum absolute atomic E-state index is 0.0424. The molecule has 2 aromatic heterocycles. The molecule has 0 aliphatic rings. The largest absolute Gasteiger partial charge is 0.468 e.